The van der Waals surface area contributed by atoms with E-state index in [-0.39, 0.29) is 6.03 Å². The van der Waals surface area contributed by atoms with E-state index in [4.69, 9.17) is 0 Å². The van der Waals surface area contributed by atoms with Crippen LogP contribution in [0.3, 0.4) is 0 Å². The van der Waals surface area contributed by atoms with Gasteiger partial charge in [-0.25, -0.2) is 13.6 Å². The van der Waals surface area contributed by atoms with Crippen LogP contribution in [0, 0.1) is 11.6 Å². The van der Waals surface area contributed by atoms with Crippen molar-refractivity contribution >= 4 is 11.7 Å². The van der Waals surface area contributed by atoms with Gasteiger partial charge in [0.25, 0.3) is 0 Å². The molecule has 2 aliphatic rings. The summed E-state index contributed by atoms with van der Waals surface area (Å²) >= 11 is 0. The van der Waals surface area contributed by atoms with Crippen LogP contribution in [-0.4, -0.2) is 17.6 Å². The number of carbonyl (C=O) groups is 1. The third-order valence-electron chi connectivity index (χ3n) is 4.54. The maximum absolute atomic E-state index is 13.5. The first-order chi connectivity index (χ1) is 11.1. The molecule has 2 aromatic rings. The van der Waals surface area contributed by atoms with E-state index < -0.39 is 17.2 Å². The van der Waals surface area contributed by atoms with Crippen LogP contribution in [0.25, 0.3) is 0 Å². The predicted molar refractivity (Wildman–Crippen MR) is 81.1 cm³/mol. The number of nitrogens with one attached hydrogen (secondary N) is 1. The molecule has 0 radical (unpaired) electrons. The molecule has 2 heterocycles. The van der Waals surface area contributed by atoms with E-state index in [1.54, 1.807) is 17.2 Å². The zero-order valence-corrected chi connectivity index (χ0v) is 12.4. The van der Waals surface area contributed by atoms with E-state index in [0.29, 0.717) is 12.1 Å². The van der Waals surface area contributed by atoms with Gasteiger partial charge in [-0.1, -0.05) is 6.07 Å². The van der Waals surface area contributed by atoms with Crippen molar-refractivity contribution in [3.8, 4) is 0 Å². The van der Waals surface area contributed by atoms with Crippen molar-refractivity contribution < 1.29 is 13.6 Å². The van der Waals surface area contributed by atoms with E-state index >= 15 is 0 Å². The number of hydrogen-bond donors (Lipinski definition) is 1. The third kappa shape index (κ3) is 2.34. The number of halogens is 2. The molecule has 23 heavy (non-hydrogen) atoms. The van der Waals surface area contributed by atoms with Crippen molar-refractivity contribution in [1.82, 2.24) is 10.3 Å². The highest BCUT2D eigenvalue weighted by molar-refractivity contribution is 5.94. The van der Waals surface area contributed by atoms with Crippen LogP contribution in [0.2, 0.25) is 0 Å². The third-order valence-corrected chi connectivity index (χ3v) is 4.54. The molecule has 1 aliphatic carbocycles. The Labute approximate surface area is 132 Å². The lowest BCUT2D eigenvalue weighted by Crippen LogP contribution is -2.44. The summed E-state index contributed by atoms with van der Waals surface area (Å²) in [4.78, 5) is 18.5. The molecule has 4 rings (SSSR count). The summed E-state index contributed by atoms with van der Waals surface area (Å²) in [5.74, 6) is -1.77. The molecule has 0 bridgehead atoms. The molecule has 118 valence electrons. The van der Waals surface area contributed by atoms with E-state index in [2.05, 4.69) is 10.3 Å². The van der Waals surface area contributed by atoms with Crippen molar-refractivity contribution in [3.05, 3.63) is 59.4 Å². The minimum Gasteiger partial charge on any atom is -0.328 e. The minimum absolute atomic E-state index is 0.223. The average molecular weight is 315 g/mol. The van der Waals surface area contributed by atoms with Crippen LogP contribution in [0.5, 0.6) is 0 Å². The van der Waals surface area contributed by atoms with Crippen LogP contribution >= 0.6 is 0 Å². The second-order valence-electron chi connectivity index (χ2n) is 6.01. The Kier molecular flexibility index (Phi) is 3.07. The Bertz CT molecular complexity index is 789. The van der Waals surface area contributed by atoms with Gasteiger partial charge >= 0.3 is 6.03 Å². The Morgan fingerprint density at radius 2 is 2.04 bits per heavy atom. The van der Waals surface area contributed by atoms with Gasteiger partial charge in [0, 0.05) is 19.2 Å². The summed E-state index contributed by atoms with van der Waals surface area (Å²) < 4.78 is 26.6. The summed E-state index contributed by atoms with van der Waals surface area (Å²) in [5.41, 5.74) is 1.73. The van der Waals surface area contributed by atoms with Gasteiger partial charge in [0.2, 0.25) is 0 Å². The standard InChI is InChI=1S/C17H15F2N3O/c18-12-4-3-11(10-13(12)19)17(6-7-17)21-16(23)22-9-5-14-15(22)2-1-8-20-14/h1-4,8,10H,5-7,9H2,(H,21,23). The minimum atomic E-state index is -0.890. The molecule has 0 unspecified atom stereocenters. The van der Waals surface area contributed by atoms with Gasteiger partial charge in [-0.3, -0.25) is 9.88 Å². The molecular formula is C17H15F2N3O. The first-order valence-corrected chi connectivity index (χ1v) is 7.58. The molecule has 6 heteroatoms. The molecule has 1 fully saturated rings. The Morgan fingerprint density at radius 3 is 2.78 bits per heavy atom. The number of urea groups is 1. The molecule has 1 aromatic heterocycles. The van der Waals surface area contributed by atoms with Crippen molar-refractivity contribution in [3.63, 3.8) is 0 Å². The summed E-state index contributed by atoms with van der Waals surface area (Å²) in [5, 5.41) is 2.98. The smallest absolute Gasteiger partial charge is 0.322 e. The maximum atomic E-state index is 13.5. The largest absolute Gasteiger partial charge is 0.328 e. The molecule has 0 atom stereocenters. The number of hydrogen-bond acceptors (Lipinski definition) is 2. The fraction of sp³-hybridized carbons (Fsp3) is 0.294. The SMILES string of the molecule is O=C(NC1(c2ccc(F)c(F)c2)CC1)N1CCc2ncccc21. The molecule has 4 nitrogen and oxygen atoms in total. The molecule has 0 saturated heterocycles. The number of nitrogens with zero attached hydrogens (tertiary/aromatic N) is 2. The first kappa shape index (κ1) is 14.1. The van der Waals surface area contributed by atoms with Gasteiger partial charge in [0.05, 0.1) is 16.9 Å². The van der Waals surface area contributed by atoms with Gasteiger partial charge in [-0.05, 0) is 42.7 Å². The Morgan fingerprint density at radius 1 is 1.22 bits per heavy atom. The zero-order chi connectivity index (χ0) is 16.0. The Hall–Kier alpha value is -2.50. The number of anilines is 1. The van der Waals surface area contributed by atoms with Crippen LogP contribution in [-0.2, 0) is 12.0 Å². The molecular weight excluding hydrogens is 300 g/mol. The number of carbonyl (C=O) groups excluding carboxylic acids is 1. The van der Waals surface area contributed by atoms with E-state index in [1.807, 2.05) is 6.07 Å². The second-order valence-corrected chi connectivity index (χ2v) is 6.01. The van der Waals surface area contributed by atoms with Crippen LogP contribution in [0.15, 0.2) is 36.5 Å². The maximum Gasteiger partial charge on any atom is 0.322 e. The van der Waals surface area contributed by atoms with Gasteiger partial charge in [-0.2, -0.15) is 0 Å². The van der Waals surface area contributed by atoms with Gasteiger partial charge < -0.3 is 5.32 Å². The lowest BCUT2D eigenvalue weighted by molar-refractivity contribution is 0.242. The summed E-state index contributed by atoms with van der Waals surface area (Å²) in [6.07, 6.45) is 3.88. The highest BCUT2D eigenvalue weighted by Gasteiger charge is 2.47. The van der Waals surface area contributed by atoms with Gasteiger partial charge in [0.15, 0.2) is 11.6 Å². The molecule has 2 amide bonds. The van der Waals surface area contributed by atoms with Gasteiger partial charge in [0.1, 0.15) is 0 Å². The number of amides is 2. The zero-order valence-electron chi connectivity index (χ0n) is 12.4. The first-order valence-electron chi connectivity index (χ1n) is 7.58. The Balaban J connectivity index is 1.56. The number of rotatable bonds is 2. The highest BCUT2D eigenvalue weighted by Crippen LogP contribution is 2.46. The summed E-state index contributed by atoms with van der Waals surface area (Å²) in [7, 11) is 0. The lowest BCUT2D eigenvalue weighted by atomic mass is 10.0. The molecule has 0 spiro atoms. The van der Waals surface area contributed by atoms with E-state index in [9.17, 15) is 13.6 Å². The van der Waals surface area contributed by atoms with Gasteiger partial charge in [-0.15, -0.1) is 0 Å². The monoisotopic (exact) mass is 315 g/mol. The summed E-state index contributed by atoms with van der Waals surface area (Å²) in [6.45, 7) is 0.575. The fourth-order valence-corrected chi connectivity index (χ4v) is 3.09. The number of benzene rings is 1. The molecule has 1 aromatic carbocycles. The van der Waals surface area contributed by atoms with Crippen LogP contribution in [0.1, 0.15) is 24.1 Å². The van der Waals surface area contributed by atoms with Crippen LogP contribution in [0.4, 0.5) is 19.3 Å². The topological polar surface area (TPSA) is 45.2 Å². The van der Waals surface area contributed by atoms with Crippen molar-refractivity contribution in [2.75, 3.05) is 11.4 Å². The normalized spacial score (nSPS) is 17.7. The summed E-state index contributed by atoms with van der Waals surface area (Å²) in [6, 6.07) is 7.25. The number of fused-ring (bicyclic) bond motifs is 1. The molecule has 1 aliphatic heterocycles. The fourth-order valence-electron chi connectivity index (χ4n) is 3.09. The molecule has 1 N–H and O–H groups in total. The lowest BCUT2D eigenvalue weighted by Gasteiger charge is -2.23. The molecule has 1 saturated carbocycles. The van der Waals surface area contributed by atoms with Crippen molar-refractivity contribution in [2.24, 2.45) is 0 Å². The van der Waals surface area contributed by atoms with Crippen molar-refractivity contribution in [1.29, 1.82) is 0 Å². The number of pyridine rings is 1. The van der Waals surface area contributed by atoms with Crippen molar-refractivity contribution in [2.45, 2.75) is 24.8 Å². The van der Waals surface area contributed by atoms with E-state index in [0.717, 1.165) is 36.7 Å². The average Bonchev–Trinajstić information content (AvgIpc) is 3.19. The number of aromatic nitrogens is 1. The second kappa shape index (κ2) is 5.01. The predicted octanol–water partition coefficient (Wildman–Crippen LogP) is 3.12. The quantitative estimate of drug-likeness (QED) is 0.925. The van der Waals surface area contributed by atoms with Crippen LogP contribution < -0.4 is 10.2 Å². The highest BCUT2D eigenvalue weighted by atomic mass is 19.2. The van der Waals surface area contributed by atoms with E-state index in [1.165, 1.54) is 12.1 Å².